The summed E-state index contributed by atoms with van der Waals surface area (Å²) in [6.45, 7) is 1.72. The molecule has 18 heavy (non-hydrogen) atoms. The Labute approximate surface area is 104 Å². The molecule has 5 heteroatoms. The highest BCUT2D eigenvalue weighted by Crippen LogP contribution is 2.20. The third kappa shape index (κ3) is 2.57. The van der Waals surface area contributed by atoms with Crippen molar-refractivity contribution < 1.29 is 14.3 Å². The molecule has 1 aromatic carbocycles. The second-order valence-corrected chi connectivity index (χ2v) is 3.73. The van der Waals surface area contributed by atoms with E-state index >= 15 is 0 Å². The number of para-hydroxylation sites is 1. The van der Waals surface area contributed by atoms with Crippen LogP contribution in [0.3, 0.4) is 0 Å². The van der Waals surface area contributed by atoms with Crippen molar-refractivity contribution in [2.45, 2.75) is 6.92 Å². The molecule has 1 heterocycles. The van der Waals surface area contributed by atoms with Crippen molar-refractivity contribution in [1.82, 2.24) is 5.43 Å². The molecule has 2 aromatic rings. The van der Waals surface area contributed by atoms with E-state index < -0.39 is 5.91 Å². The van der Waals surface area contributed by atoms with E-state index in [-0.39, 0.29) is 11.3 Å². The van der Waals surface area contributed by atoms with Crippen molar-refractivity contribution in [3.8, 4) is 5.75 Å². The predicted molar refractivity (Wildman–Crippen MR) is 66.6 cm³/mol. The topological polar surface area (TPSA) is 74.8 Å². The number of phenols is 1. The van der Waals surface area contributed by atoms with E-state index in [9.17, 15) is 9.90 Å². The SMILES string of the molecule is Cc1cccc(C(=O)NN=Cc2ccoc2)c1O. The van der Waals surface area contributed by atoms with E-state index in [1.807, 2.05) is 0 Å². The first-order chi connectivity index (χ1) is 8.68. The van der Waals surface area contributed by atoms with Crippen molar-refractivity contribution >= 4 is 12.1 Å². The molecule has 0 unspecified atom stereocenters. The fourth-order valence-corrected chi connectivity index (χ4v) is 1.42. The molecular formula is C13H12N2O3. The fourth-order valence-electron chi connectivity index (χ4n) is 1.42. The molecule has 0 bridgehead atoms. The summed E-state index contributed by atoms with van der Waals surface area (Å²) in [6.07, 6.45) is 4.46. The Hall–Kier alpha value is -2.56. The van der Waals surface area contributed by atoms with Crippen molar-refractivity contribution in [3.05, 3.63) is 53.5 Å². The molecule has 0 aliphatic rings. The first-order valence-electron chi connectivity index (χ1n) is 5.32. The molecular weight excluding hydrogens is 232 g/mol. The smallest absolute Gasteiger partial charge is 0.275 e. The molecule has 0 radical (unpaired) electrons. The van der Waals surface area contributed by atoms with Crippen molar-refractivity contribution in [2.24, 2.45) is 5.10 Å². The number of hydrogen-bond acceptors (Lipinski definition) is 4. The maximum absolute atomic E-state index is 11.7. The lowest BCUT2D eigenvalue weighted by Crippen LogP contribution is -2.17. The number of phenolic OH excluding ortho intramolecular Hbond substituents is 1. The number of rotatable bonds is 3. The molecule has 0 atom stereocenters. The molecule has 0 saturated heterocycles. The molecule has 0 fully saturated rings. The van der Waals surface area contributed by atoms with E-state index in [4.69, 9.17) is 4.42 Å². The maximum atomic E-state index is 11.7. The number of carbonyl (C=O) groups excluding carboxylic acids is 1. The van der Waals surface area contributed by atoms with Gasteiger partial charge in [0.1, 0.15) is 5.75 Å². The van der Waals surface area contributed by atoms with Gasteiger partial charge in [0.25, 0.3) is 5.91 Å². The monoisotopic (exact) mass is 244 g/mol. The average molecular weight is 244 g/mol. The zero-order chi connectivity index (χ0) is 13.0. The number of furan rings is 1. The lowest BCUT2D eigenvalue weighted by Gasteiger charge is -2.04. The van der Waals surface area contributed by atoms with Gasteiger partial charge in [-0.3, -0.25) is 4.79 Å². The first-order valence-corrected chi connectivity index (χ1v) is 5.32. The standard InChI is InChI=1S/C13H12N2O3/c1-9-3-2-4-11(12(9)16)13(17)15-14-7-10-5-6-18-8-10/h2-8,16H,1H3,(H,15,17). The van der Waals surface area contributed by atoms with Gasteiger partial charge in [0.2, 0.25) is 0 Å². The van der Waals surface area contributed by atoms with Gasteiger partial charge in [-0.25, -0.2) is 5.43 Å². The Bertz CT molecular complexity index is 574. The molecule has 1 aromatic heterocycles. The number of nitrogens with one attached hydrogen (secondary N) is 1. The Morgan fingerprint density at radius 2 is 2.28 bits per heavy atom. The third-order valence-corrected chi connectivity index (χ3v) is 2.41. The second-order valence-electron chi connectivity index (χ2n) is 3.73. The maximum Gasteiger partial charge on any atom is 0.275 e. The number of amides is 1. The van der Waals surface area contributed by atoms with Crippen LogP contribution < -0.4 is 5.43 Å². The summed E-state index contributed by atoms with van der Waals surface area (Å²) in [7, 11) is 0. The van der Waals surface area contributed by atoms with Gasteiger partial charge in [0.15, 0.2) is 0 Å². The highest BCUT2D eigenvalue weighted by atomic mass is 16.3. The second kappa shape index (κ2) is 5.18. The van der Waals surface area contributed by atoms with E-state index in [2.05, 4.69) is 10.5 Å². The van der Waals surface area contributed by atoms with Crippen LogP contribution in [0.1, 0.15) is 21.5 Å². The normalized spacial score (nSPS) is 10.7. The number of hydrogen-bond donors (Lipinski definition) is 2. The van der Waals surface area contributed by atoms with Gasteiger partial charge in [-0.15, -0.1) is 0 Å². The van der Waals surface area contributed by atoms with Crippen LogP contribution in [0.15, 0.2) is 46.3 Å². The van der Waals surface area contributed by atoms with Crippen LogP contribution in [0.2, 0.25) is 0 Å². The van der Waals surface area contributed by atoms with Gasteiger partial charge in [0, 0.05) is 5.56 Å². The van der Waals surface area contributed by atoms with Gasteiger partial charge in [-0.1, -0.05) is 12.1 Å². The number of aromatic hydroxyl groups is 1. The van der Waals surface area contributed by atoms with E-state index in [1.165, 1.54) is 24.8 Å². The molecule has 0 spiro atoms. The van der Waals surface area contributed by atoms with E-state index in [1.54, 1.807) is 25.1 Å². The molecule has 1 amide bonds. The molecule has 92 valence electrons. The molecule has 0 aliphatic heterocycles. The summed E-state index contributed by atoms with van der Waals surface area (Å²) in [5.74, 6) is -0.496. The number of hydrazone groups is 1. The zero-order valence-electron chi connectivity index (χ0n) is 9.75. The molecule has 2 rings (SSSR count). The molecule has 2 N–H and O–H groups in total. The van der Waals surface area contributed by atoms with E-state index in [0.29, 0.717) is 5.56 Å². The minimum absolute atomic E-state index is 0.0338. The molecule has 5 nitrogen and oxygen atoms in total. The van der Waals surface area contributed by atoms with Gasteiger partial charge in [0.05, 0.1) is 24.3 Å². The number of benzene rings is 1. The largest absolute Gasteiger partial charge is 0.507 e. The number of nitrogens with zero attached hydrogens (tertiary/aromatic N) is 1. The van der Waals surface area contributed by atoms with Gasteiger partial charge in [-0.05, 0) is 24.6 Å². The summed E-state index contributed by atoms with van der Waals surface area (Å²) < 4.78 is 4.85. The average Bonchev–Trinajstić information content (AvgIpc) is 2.85. The Balaban J connectivity index is 2.06. The zero-order valence-corrected chi connectivity index (χ0v) is 9.75. The highest BCUT2D eigenvalue weighted by molar-refractivity contribution is 5.97. The predicted octanol–water partition coefficient (Wildman–Crippen LogP) is 2.06. The minimum atomic E-state index is -0.462. The van der Waals surface area contributed by atoms with Gasteiger partial charge in [-0.2, -0.15) is 5.10 Å². The Morgan fingerprint density at radius 3 is 3.00 bits per heavy atom. The van der Waals surface area contributed by atoms with E-state index in [0.717, 1.165) is 5.56 Å². The van der Waals surface area contributed by atoms with Crippen LogP contribution in [0.5, 0.6) is 5.75 Å². The summed E-state index contributed by atoms with van der Waals surface area (Å²) in [5, 5.41) is 13.5. The Morgan fingerprint density at radius 1 is 1.44 bits per heavy atom. The van der Waals surface area contributed by atoms with Crippen LogP contribution in [0.25, 0.3) is 0 Å². The Kier molecular flexibility index (Phi) is 3.43. The first kappa shape index (κ1) is 11.9. The fraction of sp³-hybridized carbons (Fsp3) is 0.0769. The van der Waals surface area contributed by atoms with Crippen LogP contribution in [0, 0.1) is 6.92 Å². The number of carbonyl (C=O) groups is 1. The number of aryl methyl sites for hydroxylation is 1. The van der Waals surface area contributed by atoms with Crippen molar-refractivity contribution in [1.29, 1.82) is 0 Å². The molecule has 0 aliphatic carbocycles. The summed E-state index contributed by atoms with van der Waals surface area (Å²) >= 11 is 0. The van der Waals surface area contributed by atoms with Gasteiger partial charge < -0.3 is 9.52 Å². The van der Waals surface area contributed by atoms with Crippen LogP contribution in [0.4, 0.5) is 0 Å². The lowest BCUT2D eigenvalue weighted by atomic mass is 10.1. The third-order valence-electron chi connectivity index (χ3n) is 2.41. The van der Waals surface area contributed by atoms with Crippen LogP contribution in [-0.4, -0.2) is 17.2 Å². The summed E-state index contributed by atoms with van der Waals surface area (Å²) in [6, 6.07) is 6.66. The van der Waals surface area contributed by atoms with Gasteiger partial charge >= 0.3 is 0 Å². The van der Waals surface area contributed by atoms with Crippen molar-refractivity contribution in [2.75, 3.05) is 0 Å². The summed E-state index contributed by atoms with van der Waals surface area (Å²) in [5.41, 5.74) is 3.91. The molecule has 0 saturated carbocycles. The van der Waals surface area contributed by atoms with Crippen LogP contribution in [-0.2, 0) is 0 Å². The minimum Gasteiger partial charge on any atom is -0.507 e. The van der Waals surface area contributed by atoms with Crippen molar-refractivity contribution in [3.63, 3.8) is 0 Å². The lowest BCUT2D eigenvalue weighted by molar-refractivity contribution is 0.0952. The summed E-state index contributed by atoms with van der Waals surface area (Å²) in [4.78, 5) is 11.7. The van der Waals surface area contributed by atoms with Crippen LogP contribution >= 0.6 is 0 Å². The quantitative estimate of drug-likeness (QED) is 0.641. The highest BCUT2D eigenvalue weighted by Gasteiger charge is 2.11.